The van der Waals surface area contributed by atoms with Crippen LogP contribution in [0, 0.1) is 0 Å². The van der Waals surface area contributed by atoms with Gasteiger partial charge in [-0.3, -0.25) is 9.59 Å². The Morgan fingerprint density at radius 2 is 1.83 bits per heavy atom. The van der Waals surface area contributed by atoms with Crippen molar-refractivity contribution < 1.29 is 9.59 Å². The summed E-state index contributed by atoms with van der Waals surface area (Å²) >= 11 is 0. The van der Waals surface area contributed by atoms with E-state index < -0.39 is 11.8 Å². The van der Waals surface area contributed by atoms with Crippen molar-refractivity contribution in [2.24, 2.45) is 0 Å². The Morgan fingerprint density at radius 1 is 1.13 bits per heavy atom. The number of carbonyl (C=O) groups excluding carboxylic acids is 2. The van der Waals surface area contributed by atoms with Crippen LogP contribution in [-0.4, -0.2) is 17.9 Å². The Hall–Kier alpha value is -2.62. The number of benzene rings is 2. The largest absolute Gasteiger partial charge is 0.318 e. The van der Waals surface area contributed by atoms with Crippen LogP contribution in [0.2, 0.25) is 0 Å². The van der Waals surface area contributed by atoms with E-state index in [0.29, 0.717) is 5.69 Å². The summed E-state index contributed by atoms with van der Waals surface area (Å²) < 4.78 is 0. The molecule has 0 saturated carbocycles. The molecule has 4 nitrogen and oxygen atoms in total. The molecule has 0 aromatic heterocycles. The second-order valence-electron chi connectivity index (χ2n) is 5.86. The first kappa shape index (κ1) is 15.3. The van der Waals surface area contributed by atoms with Crippen molar-refractivity contribution in [3.05, 3.63) is 59.7 Å². The van der Waals surface area contributed by atoms with E-state index in [-0.39, 0.29) is 6.04 Å². The molecule has 118 valence electrons. The molecule has 0 radical (unpaired) electrons. The first-order valence-electron chi connectivity index (χ1n) is 7.91. The fraction of sp³-hybridized carbons (Fsp3) is 0.263. The highest BCUT2D eigenvalue weighted by atomic mass is 16.2. The molecule has 2 aromatic carbocycles. The number of carbonyl (C=O) groups is 2. The van der Waals surface area contributed by atoms with Gasteiger partial charge in [-0.2, -0.15) is 0 Å². The van der Waals surface area contributed by atoms with Crippen LogP contribution in [0.3, 0.4) is 0 Å². The van der Waals surface area contributed by atoms with Gasteiger partial charge in [0.15, 0.2) is 0 Å². The third-order valence-corrected chi connectivity index (χ3v) is 4.24. The quantitative estimate of drug-likeness (QED) is 0.866. The highest BCUT2D eigenvalue weighted by Gasteiger charge is 2.34. The Bertz CT molecular complexity index is 737. The van der Waals surface area contributed by atoms with Crippen molar-refractivity contribution >= 4 is 23.2 Å². The van der Waals surface area contributed by atoms with Crippen LogP contribution in [0.5, 0.6) is 0 Å². The molecular formula is C19H20N2O2. The molecule has 2 aromatic rings. The van der Waals surface area contributed by atoms with Crippen LogP contribution in [0.15, 0.2) is 48.5 Å². The van der Waals surface area contributed by atoms with E-state index in [1.54, 1.807) is 4.90 Å². The molecule has 1 aliphatic rings. The van der Waals surface area contributed by atoms with Gasteiger partial charge in [-0.25, -0.2) is 0 Å². The van der Waals surface area contributed by atoms with Gasteiger partial charge in [-0.1, -0.05) is 37.3 Å². The van der Waals surface area contributed by atoms with E-state index in [0.717, 1.165) is 24.1 Å². The summed E-state index contributed by atoms with van der Waals surface area (Å²) in [6.07, 6.45) is 1.72. The number of amides is 2. The maximum Gasteiger partial charge on any atom is 0.316 e. The number of para-hydroxylation sites is 1. The Kier molecular flexibility index (Phi) is 4.15. The topological polar surface area (TPSA) is 49.4 Å². The van der Waals surface area contributed by atoms with Crippen molar-refractivity contribution in [2.45, 2.75) is 32.7 Å². The van der Waals surface area contributed by atoms with Crippen LogP contribution in [0.1, 0.15) is 25.0 Å². The van der Waals surface area contributed by atoms with E-state index in [1.807, 2.05) is 55.5 Å². The van der Waals surface area contributed by atoms with Crippen molar-refractivity contribution in [2.75, 3.05) is 10.2 Å². The van der Waals surface area contributed by atoms with Crippen LogP contribution in [-0.2, 0) is 22.4 Å². The van der Waals surface area contributed by atoms with Crippen molar-refractivity contribution in [1.82, 2.24) is 0 Å². The second-order valence-corrected chi connectivity index (χ2v) is 5.86. The van der Waals surface area contributed by atoms with Crippen LogP contribution in [0.4, 0.5) is 11.4 Å². The average molecular weight is 308 g/mol. The molecule has 3 rings (SSSR count). The van der Waals surface area contributed by atoms with Crippen LogP contribution >= 0.6 is 0 Å². The summed E-state index contributed by atoms with van der Waals surface area (Å²) in [6, 6.07) is 15.3. The van der Waals surface area contributed by atoms with Gasteiger partial charge in [0, 0.05) is 17.4 Å². The van der Waals surface area contributed by atoms with Gasteiger partial charge < -0.3 is 10.2 Å². The maximum atomic E-state index is 12.6. The molecule has 1 N–H and O–H groups in total. The Morgan fingerprint density at radius 3 is 2.52 bits per heavy atom. The third-order valence-electron chi connectivity index (χ3n) is 4.24. The number of anilines is 2. The lowest BCUT2D eigenvalue weighted by molar-refractivity contribution is -0.134. The maximum absolute atomic E-state index is 12.6. The molecule has 1 aliphatic heterocycles. The van der Waals surface area contributed by atoms with Crippen molar-refractivity contribution in [3.63, 3.8) is 0 Å². The third kappa shape index (κ3) is 2.97. The molecule has 2 amide bonds. The highest BCUT2D eigenvalue weighted by Crippen LogP contribution is 2.31. The number of nitrogens with one attached hydrogen (secondary N) is 1. The lowest BCUT2D eigenvalue weighted by atomic mass is 10.1. The Labute approximate surface area is 136 Å². The van der Waals surface area contributed by atoms with Gasteiger partial charge in [0.1, 0.15) is 0 Å². The fourth-order valence-electron chi connectivity index (χ4n) is 2.99. The van der Waals surface area contributed by atoms with E-state index >= 15 is 0 Å². The zero-order valence-electron chi connectivity index (χ0n) is 13.4. The number of fused-ring (bicyclic) bond motifs is 1. The molecule has 0 saturated heterocycles. The van der Waals surface area contributed by atoms with E-state index in [9.17, 15) is 9.59 Å². The van der Waals surface area contributed by atoms with Gasteiger partial charge in [0.05, 0.1) is 0 Å². The van der Waals surface area contributed by atoms with Crippen LogP contribution in [0.25, 0.3) is 0 Å². The molecule has 4 heteroatoms. The second kappa shape index (κ2) is 6.24. The minimum Gasteiger partial charge on any atom is -0.318 e. The Balaban J connectivity index is 1.76. The molecular weight excluding hydrogens is 288 g/mol. The van der Waals surface area contributed by atoms with Gasteiger partial charge in [0.25, 0.3) is 0 Å². The summed E-state index contributed by atoms with van der Waals surface area (Å²) in [5, 5.41) is 2.69. The van der Waals surface area contributed by atoms with Crippen LogP contribution < -0.4 is 10.2 Å². The molecule has 0 aliphatic carbocycles. The molecule has 1 unspecified atom stereocenters. The highest BCUT2D eigenvalue weighted by molar-refractivity contribution is 6.44. The van der Waals surface area contributed by atoms with E-state index in [2.05, 4.69) is 12.2 Å². The molecule has 1 atom stereocenters. The summed E-state index contributed by atoms with van der Waals surface area (Å²) in [4.78, 5) is 26.5. The van der Waals surface area contributed by atoms with Gasteiger partial charge >= 0.3 is 11.8 Å². The SMILES string of the molecule is CCc1ccc(NC(=O)C(=O)N2c3ccccc3CC2C)cc1. The molecule has 0 bridgehead atoms. The zero-order valence-corrected chi connectivity index (χ0v) is 13.4. The predicted molar refractivity (Wildman–Crippen MR) is 91.5 cm³/mol. The lowest BCUT2D eigenvalue weighted by Crippen LogP contribution is -2.43. The summed E-state index contributed by atoms with van der Waals surface area (Å²) in [5.74, 6) is -1.11. The molecule has 23 heavy (non-hydrogen) atoms. The standard InChI is InChI=1S/C19H20N2O2/c1-3-14-8-10-16(11-9-14)20-18(22)19(23)21-13(2)12-15-6-4-5-7-17(15)21/h4-11,13H,3,12H2,1-2H3,(H,20,22). The van der Waals surface area contributed by atoms with Crippen molar-refractivity contribution in [1.29, 1.82) is 0 Å². The summed E-state index contributed by atoms with van der Waals surface area (Å²) in [6.45, 7) is 4.03. The number of rotatable bonds is 2. The van der Waals surface area contributed by atoms with Gasteiger partial charge in [-0.05, 0) is 49.1 Å². The normalized spacial score (nSPS) is 16.1. The predicted octanol–water partition coefficient (Wildman–Crippen LogP) is 3.17. The fourth-order valence-corrected chi connectivity index (χ4v) is 2.99. The van der Waals surface area contributed by atoms with Gasteiger partial charge in [-0.15, -0.1) is 0 Å². The van der Waals surface area contributed by atoms with Crippen molar-refractivity contribution in [3.8, 4) is 0 Å². The summed E-state index contributed by atoms with van der Waals surface area (Å²) in [5.41, 5.74) is 3.77. The average Bonchev–Trinajstić information content (AvgIpc) is 2.90. The molecule has 1 heterocycles. The zero-order chi connectivity index (χ0) is 16.4. The minimum absolute atomic E-state index is 0.00637. The van der Waals surface area contributed by atoms with Gasteiger partial charge in [0.2, 0.25) is 0 Å². The first-order chi connectivity index (χ1) is 11.1. The first-order valence-corrected chi connectivity index (χ1v) is 7.91. The molecule has 0 spiro atoms. The smallest absolute Gasteiger partial charge is 0.316 e. The number of aryl methyl sites for hydroxylation is 1. The number of nitrogens with zero attached hydrogens (tertiary/aromatic N) is 1. The summed E-state index contributed by atoms with van der Waals surface area (Å²) in [7, 11) is 0. The van der Waals surface area contributed by atoms with E-state index in [1.165, 1.54) is 5.56 Å². The van der Waals surface area contributed by atoms with E-state index in [4.69, 9.17) is 0 Å². The molecule has 0 fully saturated rings. The lowest BCUT2D eigenvalue weighted by Gasteiger charge is -2.22. The minimum atomic E-state index is -0.599. The number of hydrogen-bond donors (Lipinski definition) is 1. The number of hydrogen-bond acceptors (Lipinski definition) is 2. The monoisotopic (exact) mass is 308 g/mol.